The van der Waals surface area contributed by atoms with Gasteiger partial charge in [-0.1, -0.05) is 48.0 Å². The van der Waals surface area contributed by atoms with Crippen molar-refractivity contribution in [2.75, 3.05) is 25.0 Å². The van der Waals surface area contributed by atoms with Crippen molar-refractivity contribution in [1.82, 2.24) is 4.90 Å². The maximum atomic E-state index is 13.3. The van der Waals surface area contributed by atoms with Gasteiger partial charge in [-0.3, -0.25) is 9.10 Å². The SMILES string of the molecule is COc1ccccc1CN(C)C(=O)CN(c1ccc(Cl)cc1)S(=O)(=O)c1ccccc1. The number of carbonyl (C=O) groups is 1. The van der Waals surface area contributed by atoms with Gasteiger partial charge >= 0.3 is 0 Å². The molecule has 1 amide bonds. The van der Waals surface area contributed by atoms with Crippen molar-refractivity contribution >= 4 is 33.2 Å². The van der Waals surface area contributed by atoms with Crippen molar-refractivity contribution in [3.8, 4) is 5.75 Å². The van der Waals surface area contributed by atoms with E-state index in [1.54, 1.807) is 56.6 Å². The zero-order valence-electron chi connectivity index (χ0n) is 17.2. The van der Waals surface area contributed by atoms with Gasteiger partial charge in [-0.2, -0.15) is 0 Å². The van der Waals surface area contributed by atoms with E-state index in [0.29, 0.717) is 16.5 Å². The lowest BCUT2D eigenvalue weighted by molar-refractivity contribution is -0.128. The lowest BCUT2D eigenvalue weighted by Crippen LogP contribution is -2.41. The summed E-state index contributed by atoms with van der Waals surface area (Å²) in [4.78, 5) is 14.6. The van der Waals surface area contributed by atoms with Gasteiger partial charge in [0.25, 0.3) is 10.0 Å². The number of ether oxygens (including phenoxy) is 1. The highest BCUT2D eigenvalue weighted by Crippen LogP contribution is 2.26. The fraction of sp³-hybridized carbons (Fsp3) is 0.174. The number of benzene rings is 3. The third-order valence-corrected chi connectivity index (χ3v) is 6.79. The summed E-state index contributed by atoms with van der Waals surface area (Å²) in [6.45, 7) is -0.0762. The second-order valence-electron chi connectivity index (χ2n) is 6.86. The van der Waals surface area contributed by atoms with Gasteiger partial charge in [0, 0.05) is 24.2 Å². The number of halogens is 1. The average Bonchev–Trinajstić information content (AvgIpc) is 2.79. The molecule has 0 spiro atoms. The summed E-state index contributed by atoms with van der Waals surface area (Å²) in [6.07, 6.45) is 0. The summed E-state index contributed by atoms with van der Waals surface area (Å²) in [5, 5.41) is 0.473. The van der Waals surface area contributed by atoms with Crippen LogP contribution in [0.2, 0.25) is 5.02 Å². The van der Waals surface area contributed by atoms with Crippen molar-refractivity contribution in [3.63, 3.8) is 0 Å². The van der Waals surface area contributed by atoms with E-state index < -0.39 is 10.0 Å². The fourth-order valence-corrected chi connectivity index (χ4v) is 4.62. The Bertz CT molecular complexity index is 1140. The average molecular weight is 459 g/mol. The van der Waals surface area contributed by atoms with Crippen molar-refractivity contribution in [2.45, 2.75) is 11.4 Å². The lowest BCUT2D eigenvalue weighted by atomic mass is 10.2. The number of anilines is 1. The number of para-hydroxylation sites is 1. The van der Waals surface area contributed by atoms with Gasteiger partial charge in [0.15, 0.2) is 0 Å². The van der Waals surface area contributed by atoms with Crippen LogP contribution in [0.1, 0.15) is 5.56 Å². The van der Waals surface area contributed by atoms with Crippen molar-refractivity contribution < 1.29 is 17.9 Å². The molecule has 0 atom stereocenters. The maximum Gasteiger partial charge on any atom is 0.264 e. The van der Waals surface area contributed by atoms with Crippen LogP contribution in [0.15, 0.2) is 83.8 Å². The van der Waals surface area contributed by atoms with Gasteiger partial charge in [-0.25, -0.2) is 8.42 Å². The standard InChI is InChI=1S/C23H23ClN2O4S/c1-25(16-18-8-6-7-11-22(18)30-2)23(27)17-26(20-14-12-19(24)13-15-20)31(28,29)21-9-4-3-5-10-21/h3-15H,16-17H2,1-2H3. The first-order chi connectivity index (χ1) is 14.8. The van der Waals surface area contributed by atoms with E-state index in [9.17, 15) is 13.2 Å². The molecule has 0 radical (unpaired) electrons. The molecule has 0 aromatic heterocycles. The van der Waals surface area contributed by atoms with E-state index >= 15 is 0 Å². The minimum absolute atomic E-state index is 0.102. The van der Waals surface area contributed by atoms with E-state index in [2.05, 4.69) is 0 Å². The summed E-state index contributed by atoms with van der Waals surface area (Å²) in [7, 11) is -0.769. The summed E-state index contributed by atoms with van der Waals surface area (Å²) >= 11 is 5.97. The second kappa shape index (κ2) is 9.85. The molecule has 3 rings (SSSR count). The van der Waals surface area contributed by atoms with Gasteiger partial charge in [0.05, 0.1) is 17.7 Å². The molecule has 3 aromatic rings. The summed E-state index contributed by atoms with van der Waals surface area (Å²) in [6, 6.07) is 21.7. The second-order valence-corrected chi connectivity index (χ2v) is 9.16. The lowest BCUT2D eigenvalue weighted by Gasteiger charge is -2.27. The molecule has 31 heavy (non-hydrogen) atoms. The highest BCUT2D eigenvalue weighted by atomic mass is 35.5. The number of sulfonamides is 1. The van der Waals surface area contributed by atoms with Crippen LogP contribution >= 0.6 is 11.6 Å². The molecular weight excluding hydrogens is 436 g/mol. The molecule has 0 saturated carbocycles. The molecule has 0 aliphatic carbocycles. The van der Waals surface area contributed by atoms with Crippen molar-refractivity contribution in [2.24, 2.45) is 0 Å². The zero-order valence-corrected chi connectivity index (χ0v) is 18.8. The van der Waals surface area contributed by atoms with Crippen LogP contribution < -0.4 is 9.04 Å². The molecule has 8 heteroatoms. The molecule has 3 aromatic carbocycles. The van der Waals surface area contributed by atoms with Gasteiger partial charge in [0.1, 0.15) is 12.3 Å². The molecule has 0 unspecified atom stereocenters. The van der Waals surface area contributed by atoms with Crippen LogP contribution in [-0.2, 0) is 21.4 Å². The molecule has 162 valence electrons. The molecule has 0 saturated heterocycles. The molecule has 0 aliphatic heterocycles. The molecule has 0 N–H and O–H groups in total. The number of likely N-dealkylation sites (N-methyl/N-ethyl adjacent to an activating group) is 1. The number of methoxy groups -OCH3 is 1. The van der Waals surface area contributed by atoms with E-state index in [1.165, 1.54) is 17.0 Å². The normalized spacial score (nSPS) is 11.1. The highest BCUT2D eigenvalue weighted by Gasteiger charge is 2.28. The Balaban J connectivity index is 1.89. The highest BCUT2D eigenvalue weighted by molar-refractivity contribution is 7.92. The predicted molar refractivity (Wildman–Crippen MR) is 122 cm³/mol. The van der Waals surface area contributed by atoms with Gasteiger partial charge in [-0.15, -0.1) is 0 Å². The third kappa shape index (κ3) is 5.37. The first-order valence-electron chi connectivity index (χ1n) is 9.52. The van der Waals surface area contributed by atoms with Crippen LogP contribution in [-0.4, -0.2) is 39.9 Å². The Kier molecular flexibility index (Phi) is 7.20. The monoisotopic (exact) mass is 458 g/mol. The van der Waals surface area contributed by atoms with Crippen LogP contribution in [0.25, 0.3) is 0 Å². The van der Waals surface area contributed by atoms with E-state index in [4.69, 9.17) is 16.3 Å². The Morgan fingerprint density at radius 3 is 2.19 bits per heavy atom. The topological polar surface area (TPSA) is 66.9 Å². The molecule has 0 bridgehead atoms. The number of amides is 1. The quantitative estimate of drug-likeness (QED) is 0.507. The number of hydrogen-bond acceptors (Lipinski definition) is 4. The largest absolute Gasteiger partial charge is 0.496 e. The number of rotatable bonds is 8. The molecule has 0 aliphatic rings. The van der Waals surface area contributed by atoms with Crippen LogP contribution in [0.5, 0.6) is 5.75 Å². The van der Waals surface area contributed by atoms with Crippen LogP contribution in [0, 0.1) is 0 Å². The molecule has 0 heterocycles. The predicted octanol–water partition coefficient (Wildman–Crippen LogP) is 4.20. The number of carbonyl (C=O) groups excluding carboxylic acids is 1. The van der Waals surface area contributed by atoms with E-state index in [0.717, 1.165) is 9.87 Å². The summed E-state index contributed by atoms with van der Waals surface area (Å²) in [5.41, 5.74) is 1.18. The minimum atomic E-state index is -3.96. The number of nitrogens with zero attached hydrogens (tertiary/aromatic N) is 2. The van der Waals surface area contributed by atoms with Gasteiger partial charge in [-0.05, 0) is 42.5 Å². The number of hydrogen-bond donors (Lipinski definition) is 0. The Morgan fingerprint density at radius 1 is 0.935 bits per heavy atom. The zero-order chi connectivity index (χ0) is 22.4. The Labute approximate surface area is 187 Å². The van der Waals surface area contributed by atoms with Crippen LogP contribution in [0.4, 0.5) is 5.69 Å². The smallest absolute Gasteiger partial charge is 0.264 e. The molecule has 6 nitrogen and oxygen atoms in total. The summed E-state index contributed by atoms with van der Waals surface area (Å²) < 4.78 is 33.1. The van der Waals surface area contributed by atoms with Crippen LogP contribution in [0.3, 0.4) is 0 Å². The van der Waals surface area contributed by atoms with Gasteiger partial charge < -0.3 is 9.64 Å². The summed E-state index contributed by atoms with van der Waals surface area (Å²) in [5.74, 6) is 0.300. The van der Waals surface area contributed by atoms with Crippen molar-refractivity contribution in [3.05, 3.63) is 89.4 Å². The van der Waals surface area contributed by atoms with E-state index in [1.807, 2.05) is 24.3 Å². The van der Waals surface area contributed by atoms with Gasteiger partial charge in [0.2, 0.25) is 5.91 Å². The Hall–Kier alpha value is -3.03. The first kappa shape index (κ1) is 22.7. The first-order valence-corrected chi connectivity index (χ1v) is 11.3. The maximum absolute atomic E-state index is 13.3. The minimum Gasteiger partial charge on any atom is -0.496 e. The van der Waals surface area contributed by atoms with E-state index in [-0.39, 0.29) is 23.9 Å². The fourth-order valence-electron chi connectivity index (χ4n) is 3.06. The Morgan fingerprint density at radius 2 is 1.55 bits per heavy atom. The van der Waals surface area contributed by atoms with Crippen molar-refractivity contribution in [1.29, 1.82) is 0 Å². The molecule has 0 fully saturated rings. The third-order valence-electron chi connectivity index (χ3n) is 4.75. The molecular formula is C23H23ClN2O4S.